The van der Waals surface area contributed by atoms with E-state index >= 15 is 0 Å². The molecule has 1 aromatic heterocycles. The second kappa shape index (κ2) is 6.31. The lowest BCUT2D eigenvalue weighted by molar-refractivity contribution is 0.177. The van der Waals surface area contributed by atoms with Gasteiger partial charge in [0.2, 0.25) is 0 Å². The molecule has 1 unspecified atom stereocenters. The van der Waals surface area contributed by atoms with Crippen molar-refractivity contribution in [2.24, 2.45) is 0 Å². The number of aromatic nitrogens is 1. The molecule has 1 atom stereocenters. The minimum atomic E-state index is -0.476. The van der Waals surface area contributed by atoms with Gasteiger partial charge in [-0.3, -0.25) is 4.98 Å². The Morgan fingerprint density at radius 1 is 1.11 bits per heavy atom. The Labute approximate surface area is 108 Å². The van der Waals surface area contributed by atoms with Crippen LogP contribution in [-0.4, -0.2) is 10.1 Å². The molecule has 0 aliphatic rings. The van der Waals surface area contributed by atoms with Crippen LogP contribution in [0.4, 0.5) is 0 Å². The predicted molar refractivity (Wildman–Crippen MR) is 73.3 cm³/mol. The van der Waals surface area contributed by atoms with Crippen LogP contribution >= 0.6 is 0 Å². The highest BCUT2D eigenvalue weighted by Gasteiger charge is 2.08. The smallest absolute Gasteiger partial charge is 0.0845 e. The van der Waals surface area contributed by atoms with Crippen LogP contribution in [0.1, 0.15) is 36.3 Å². The molecule has 0 saturated heterocycles. The molecule has 0 amide bonds. The van der Waals surface area contributed by atoms with Gasteiger partial charge in [-0.15, -0.1) is 0 Å². The normalized spacial score (nSPS) is 12.3. The molecule has 18 heavy (non-hydrogen) atoms. The summed E-state index contributed by atoms with van der Waals surface area (Å²) in [5, 5.41) is 10.2. The zero-order valence-corrected chi connectivity index (χ0v) is 10.7. The maximum Gasteiger partial charge on any atom is 0.0845 e. The summed E-state index contributed by atoms with van der Waals surface area (Å²) in [5.41, 5.74) is 3.20. The highest BCUT2D eigenvalue weighted by atomic mass is 16.3. The molecule has 94 valence electrons. The summed E-state index contributed by atoms with van der Waals surface area (Å²) in [7, 11) is 0. The molecule has 2 heteroatoms. The van der Waals surface area contributed by atoms with Crippen LogP contribution in [0.2, 0.25) is 0 Å². The predicted octanol–water partition coefficient (Wildman–Crippen LogP) is 3.31. The molecular weight excluding hydrogens is 222 g/mol. The van der Waals surface area contributed by atoms with Crippen molar-refractivity contribution >= 4 is 0 Å². The first-order chi connectivity index (χ1) is 8.79. The van der Waals surface area contributed by atoms with E-state index in [1.165, 1.54) is 5.56 Å². The summed E-state index contributed by atoms with van der Waals surface area (Å²) in [6, 6.07) is 14.0. The molecule has 0 radical (unpaired) electrons. The van der Waals surface area contributed by atoms with Gasteiger partial charge < -0.3 is 5.11 Å². The highest BCUT2D eigenvalue weighted by Crippen LogP contribution is 2.18. The van der Waals surface area contributed by atoms with Gasteiger partial charge in [0.1, 0.15) is 0 Å². The fraction of sp³-hybridized carbons (Fsp3) is 0.312. The van der Waals surface area contributed by atoms with Crippen LogP contribution in [0.5, 0.6) is 0 Å². The van der Waals surface area contributed by atoms with Gasteiger partial charge in [0.15, 0.2) is 0 Å². The molecule has 2 rings (SSSR count). The Morgan fingerprint density at radius 3 is 2.50 bits per heavy atom. The molecule has 0 bridgehead atoms. The molecule has 1 N–H and O–H groups in total. The molecule has 2 aromatic rings. The number of aryl methyl sites for hydroxylation is 1. The number of aliphatic hydroxyl groups excluding tert-OH is 1. The van der Waals surface area contributed by atoms with E-state index in [9.17, 15) is 5.11 Å². The summed E-state index contributed by atoms with van der Waals surface area (Å²) in [4.78, 5) is 4.23. The number of hydrogen-bond donors (Lipinski definition) is 1. The zero-order valence-electron chi connectivity index (χ0n) is 10.7. The molecule has 0 aliphatic heterocycles. The summed E-state index contributed by atoms with van der Waals surface area (Å²) < 4.78 is 0. The molecule has 1 aromatic carbocycles. The maximum absolute atomic E-state index is 10.2. The fourth-order valence-electron chi connectivity index (χ4n) is 2.03. The second-order valence-corrected chi connectivity index (χ2v) is 4.53. The third kappa shape index (κ3) is 3.41. The Bertz CT molecular complexity index is 464. The fourth-order valence-corrected chi connectivity index (χ4v) is 2.03. The lowest BCUT2D eigenvalue weighted by Gasteiger charge is -2.11. The highest BCUT2D eigenvalue weighted by molar-refractivity contribution is 5.25. The Balaban J connectivity index is 2.02. The van der Waals surface area contributed by atoms with E-state index in [-0.39, 0.29) is 0 Å². The first kappa shape index (κ1) is 12.8. The van der Waals surface area contributed by atoms with Gasteiger partial charge in [0, 0.05) is 18.3 Å². The second-order valence-electron chi connectivity index (χ2n) is 4.53. The van der Waals surface area contributed by atoms with E-state index in [0.29, 0.717) is 6.42 Å². The minimum absolute atomic E-state index is 0.476. The largest absolute Gasteiger partial charge is 0.388 e. The van der Waals surface area contributed by atoms with Gasteiger partial charge >= 0.3 is 0 Å². The molecule has 2 nitrogen and oxygen atoms in total. The van der Waals surface area contributed by atoms with Crippen LogP contribution in [0.15, 0.2) is 48.7 Å². The summed E-state index contributed by atoms with van der Waals surface area (Å²) in [5.74, 6) is 0. The van der Waals surface area contributed by atoms with Crippen LogP contribution in [0, 0.1) is 0 Å². The number of rotatable bonds is 5. The van der Waals surface area contributed by atoms with E-state index < -0.39 is 6.10 Å². The SMILES string of the molecule is CCCc1ccc(C(O)Cc2ccccn2)cc1. The molecule has 0 spiro atoms. The average molecular weight is 241 g/mol. The van der Waals surface area contributed by atoms with Crippen LogP contribution in [0.3, 0.4) is 0 Å². The quantitative estimate of drug-likeness (QED) is 0.871. The van der Waals surface area contributed by atoms with Crippen LogP contribution in [0.25, 0.3) is 0 Å². The Hall–Kier alpha value is -1.67. The average Bonchev–Trinajstić information content (AvgIpc) is 2.41. The van der Waals surface area contributed by atoms with E-state index in [0.717, 1.165) is 24.1 Å². The number of pyridine rings is 1. The standard InChI is InChI=1S/C16H19NO/c1-2-5-13-7-9-14(10-8-13)16(18)12-15-6-3-4-11-17-15/h3-4,6-11,16,18H,2,5,12H2,1H3. The van der Waals surface area contributed by atoms with Crippen molar-refractivity contribution < 1.29 is 5.11 Å². The maximum atomic E-state index is 10.2. The number of nitrogens with zero attached hydrogens (tertiary/aromatic N) is 1. The van der Waals surface area contributed by atoms with Crippen molar-refractivity contribution in [2.75, 3.05) is 0 Å². The molecule has 0 aliphatic carbocycles. The van der Waals surface area contributed by atoms with Crippen molar-refractivity contribution in [1.82, 2.24) is 4.98 Å². The Kier molecular flexibility index (Phi) is 4.48. The third-order valence-electron chi connectivity index (χ3n) is 3.03. The number of benzene rings is 1. The van der Waals surface area contributed by atoms with Gasteiger partial charge in [-0.1, -0.05) is 43.7 Å². The number of hydrogen-bond acceptors (Lipinski definition) is 2. The van der Waals surface area contributed by atoms with E-state index in [1.54, 1.807) is 6.20 Å². The van der Waals surface area contributed by atoms with E-state index in [1.807, 2.05) is 30.3 Å². The zero-order chi connectivity index (χ0) is 12.8. The minimum Gasteiger partial charge on any atom is -0.388 e. The van der Waals surface area contributed by atoms with Crippen LogP contribution in [-0.2, 0) is 12.8 Å². The monoisotopic (exact) mass is 241 g/mol. The van der Waals surface area contributed by atoms with Gasteiger partial charge in [0.05, 0.1) is 6.10 Å². The van der Waals surface area contributed by atoms with Gasteiger partial charge in [-0.05, 0) is 29.7 Å². The van der Waals surface area contributed by atoms with Crippen molar-refractivity contribution in [3.63, 3.8) is 0 Å². The summed E-state index contributed by atoms with van der Waals surface area (Å²) >= 11 is 0. The third-order valence-corrected chi connectivity index (χ3v) is 3.03. The lowest BCUT2D eigenvalue weighted by Crippen LogP contribution is -2.03. The summed E-state index contributed by atoms with van der Waals surface area (Å²) in [6.07, 6.45) is 4.09. The Morgan fingerprint density at radius 2 is 1.89 bits per heavy atom. The van der Waals surface area contributed by atoms with E-state index in [4.69, 9.17) is 0 Å². The molecule has 1 heterocycles. The van der Waals surface area contributed by atoms with Gasteiger partial charge in [-0.2, -0.15) is 0 Å². The lowest BCUT2D eigenvalue weighted by atomic mass is 10.0. The topological polar surface area (TPSA) is 33.1 Å². The van der Waals surface area contributed by atoms with Gasteiger partial charge in [-0.25, -0.2) is 0 Å². The summed E-state index contributed by atoms with van der Waals surface area (Å²) in [6.45, 7) is 2.17. The van der Waals surface area contributed by atoms with Crippen molar-refractivity contribution in [3.8, 4) is 0 Å². The van der Waals surface area contributed by atoms with Crippen molar-refractivity contribution in [3.05, 3.63) is 65.5 Å². The van der Waals surface area contributed by atoms with Gasteiger partial charge in [0.25, 0.3) is 0 Å². The van der Waals surface area contributed by atoms with Crippen LogP contribution < -0.4 is 0 Å². The first-order valence-electron chi connectivity index (χ1n) is 6.46. The number of aliphatic hydroxyl groups is 1. The van der Waals surface area contributed by atoms with Crippen molar-refractivity contribution in [2.45, 2.75) is 32.3 Å². The van der Waals surface area contributed by atoms with Crippen molar-refractivity contribution in [1.29, 1.82) is 0 Å². The first-order valence-corrected chi connectivity index (χ1v) is 6.46. The van der Waals surface area contributed by atoms with E-state index in [2.05, 4.69) is 24.0 Å². The molecule has 0 saturated carbocycles. The molecular formula is C16H19NO. The molecule has 0 fully saturated rings.